The average Bonchev–Trinajstić information content (AvgIpc) is 3.07. The number of nitrogens with zero attached hydrogens (tertiary/aromatic N) is 1. The molecule has 0 amide bonds. The number of anilines is 1. The Hall–Kier alpha value is -2.61. The Bertz CT molecular complexity index is 914. The predicted molar refractivity (Wildman–Crippen MR) is 118 cm³/mol. The average molecular weight is 359 g/mol. The van der Waals surface area contributed by atoms with Crippen molar-refractivity contribution in [2.75, 3.05) is 5.43 Å². The molecule has 1 N–H and O–H groups in total. The highest BCUT2D eigenvalue weighted by molar-refractivity contribution is 5.91. The molecule has 0 atom stereocenters. The van der Waals surface area contributed by atoms with Crippen LogP contribution in [0.3, 0.4) is 0 Å². The van der Waals surface area contributed by atoms with Crippen molar-refractivity contribution in [3.63, 3.8) is 0 Å². The Morgan fingerprint density at radius 1 is 1.00 bits per heavy atom. The monoisotopic (exact) mass is 358 g/mol. The maximum atomic E-state index is 4.56. The number of hydrazone groups is 1. The van der Waals surface area contributed by atoms with Crippen molar-refractivity contribution in [1.82, 2.24) is 0 Å². The first-order chi connectivity index (χ1) is 12.8. The highest BCUT2D eigenvalue weighted by atomic mass is 15.3. The summed E-state index contributed by atoms with van der Waals surface area (Å²) >= 11 is 0. The van der Waals surface area contributed by atoms with E-state index in [0.717, 1.165) is 17.7 Å². The van der Waals surface area contributed by atoms with Crippen molar-refractivity contribution in [3.8, 4) is 0 Å². The molecular weight excluding hydrogens is 328 g/mol. The standard InChI is InChI=1S/C25H30N2/c1-17-14-18(2)24(19(3)15-17)27-26-16-20-10-7-8-11-21(20)22-12-9-13-23(22)25(4,5)6/h7-11,13-16,27H,12H2,1-6H3/b26-16+. The highest BCUT2D eigenvalue weighted by Gasteiger charge is 2.23. The summed E-state index contributed by atoms with van der Waals surface area (Å²) in [5, 5.41) is 4.56. The molecule has 140 valence electrons. The van der Waals surface area contributed by atoms with Gasteiger partial charge >= 0.3 is 0 Å². The van der Waals surface area contributed by atoms with Crippen LogP contribution in [0.25, 0.3) is 5.57 Å². The topological polar surface area (TPSA) is 24.4 Å². The summed E-state index contributed by atoms with van der Waals surface area (Å²) in [4.78, 5) is 0. The number of nitrogens with one attached hydrogen (secondary N) is 1. The van der Waals surface area contributed by atoms with E-state index in [1.54, 1.807) is 0 Å². The van der Waals surface area contributed by atoms with Crippen LogP contribution in [-0.4, -0.2) is 6.21 Å². The quantitative estimate of drug-likeness (QED) is 0.471. The summed E-state index contributed by atoms with van der Waals surface area (Å²) in [5.74, 6) is 0. The van der Waals surface area contributed by atoms with E-state index in [9.17, 15) is 0 Å². The molecule has 0 saturated carbocycles. The lowest BCUT2D eigenvalue weighted by molar-refractivity contribution is 0.520. The fourth-order valence-corrected chi connectivity index (χ4v) is 3.87. The normalized spacial score (nSPS) is 14.4. The molecule has 0 aliphatic heterocycles. The van der Waals surface area contributed by atoms with Crippen LogP contribution in [-0.2, 0) is 0 Å². The fourth-order valence-electron chi connectivity index (χ4n) is 3.87. The van der Waals surface area contributed by atoms with E-state index in [0.29, 0.717) is 0 Å². The molecule has 1 aliphatic carbocycles. The zero-order valence-corrected chi connectivity index (χ0v) is 17.4. The Balaban J connectivity index is 1.91. The van der Waals surface area contributed by atoms with Crippen LogP contribution in [0.15, 0.2) is 59.2 Å². The number of benzene rings is 2. The summed E-state index contributed by atoms with van der Waals surface area (Å²) in [5.41, 5.74) is 13.4. The van der Waals surface area contributed by atoms with Gasteiger partial charge in [-0.2, -0.15) is 5.10 Å². The molecule has 0 radical (unpaired) electrons. The van der Waals surface area contributed by atoms with Crippen molar-refractivity contribution >= 4 is 17.5 Å². The summed E-state index contributed by atoms with van der Waals surface area (Å²) in [6.45, 7) is 13.2. The van der Waals surface area contributed by atoms with Crippen molar-refractivity contribution in [1.29, 1.82) is 0 Å². The molecule has 1 aliphatic rings. The number of allylic oxidation sites excluding steroid dienone is 4. The van der Waals surface area contributed by atoms with E-state index in [1.165, 1.54) is 33.4 Å². The van der Waals surface area contributed by atoms with Crippen LogP contribution < -0.4 is 5.43 Å². The molecule has 3 rings (SSSR count). The van der Waals surface area contributed by atoms with Crippen LogP contribution >= 0.6 is 0 Å². The van der Waals surface area contributed by atoms with Gasteiger partial charge in [-0.05, 0) is 60.4 Å². The third-order valence-electron chi connectivity index (χ3n) is 5.08. The van der Waals surface area contributed by atoms with Gasteiger partial charge in [-0.1, -0.05) is 74.9 Å². The van der Waals surface area contributed by atoms with Gasteiger partial charge in [0.25, 0.3) is 0 Å². The van der Waals surface area contributed by atoms with Gasteiger partial charge in [-0.3, -0.25) is 5.43 Å². The number of rotatable bonds is 4. The summed E-state index contributed by atoms with van der Waals surface area (Å²) < 4.78 is 0. The van der Waals surface area contributed by atoms with Crippen LogP contribution in [0.1, 0.15) is 55.0 Å². The largest absolute Gasteiger partial charge is 0.278 e. The lowest BCUT2D eigenvalue weighted by atomic mass is 9.82. The van der Waals surface area contributed by atoms with Crippen LogP contribution in [0, 0.1) is 26.2 Å². The van der Waals surface area contributed by atoms with E-state index in [-0.39, 0.29) is 5.41 Å². The maximum Gasteiger partial charge on any atom is 0.0620 e. The van der Waals surface area contributed by atoms with Crippen LogP contribution in [0.4, 0.5) is 5.69 Å². The van der Waals surface area contributed by atoms with E-state index >= 15 is 0 Å². The minimum atomic E-state index is 0.140. The van der Waals surface area contributed by atoms with Gasteiger partial charge in [0, 0.05) is 5.56 Å². The molecule has 0 bridgehead atoms. The number of hydrogen-bond acceptors (Lipinski definition) is 2. The maximum absolute atomic E-state index is 4.56. The van der Waals surface area contributed by atoms with Crippen LogP contribution in [0.2, 0.25) is 0 Å². The van der Waals surface area contributed by atoms with Gasteiger partial charge in [-0.15, -0.1) is 0 Å². The third kappa shape index (κ3) is 4.21. The van der Waals surface area contributed by atoms with Crippen molar-refractivity contribution in [3.05, 3.63) is 81.9 Å². The highest BCUT2D eigenvalue weighted by Crippen LogP contribution is 2.39. The molecule has 2 aromatic carbocycles. The second kappa shape index (κ2) is 7.56. The zero-order chi connectivity index (χ0) is 19.6. The molecule has 0 aromatic heterocycles. The van der Waals surface area contributed by atoms with E-state index in [2.05, 4.69) is 101 Å². The lowest BCUT2D eigenvalue weighted by Gasteiger charge is -2.22. The molecule has 27 heavy (non-hydrogen) atoms. The van der Waals surface area contributed by atoms with Gasteiger partial charge in [0.2, 0.25) is 0 Å². The second-order valence-corrected chi connectivity index (χ2v) is 8.48. The van der Waals surface area contributed by atoms with E-state index in [4.69, 9.17) is 0 Å². The van der Waals surface area contributed by atoms with Gasteiger partial charge in [0.15, 0.2) is 0 Å². The Kier molecular flexibility index (Phi) is 5.36. The Morgan fingerprint density at radius 3 is 2.33 bits per heavy atom. The first-order valence-electron chi connectivity index (χ1n) is 9.64. The molecule has 0 spiro atoms. The first kappa shape index (κ1) is 19.2. The van der Waals surface area contributed by atoms with Gasteiger partial charge in [-0.25, -0.2) is 0 Å². The smallest absolute Gasteiger partial charge is 0.0620 e. The number of aryl methyl sites for hydroxylation is 3. The third-order valence-corrected chi connectivity index (χ3v) is 5.08. The predicted octanol–water partition coefficient (Wildman–Crippen LogP) is 6.82. The van der Waals surface area contributed by atoms with Gasteiger partial charge in [0.05, 0.1) is 11.9 Å². The van der Waals surface area contributed by atoms with Crippen molar-refractivity contribution < 1.29 is 0 Å². The van der Waals surface area contributed by atoms with E-state index in [1.807, 2.05) is 6.21 Å². The molecule has 2 aromatic rings. The van der Waals surface area contributed by atoms with Crippen LogP contribution in [0.5, 0.6) is 0 Å². The molecule has 0 fully saturated rings. The van der Waals surface area contributed by atoms with Gasteiger partial charge in [0.1, 0.15) is 0 Å². The molecule has 0 heterocycles. The second-order valence-electron chi connectivity index (χ2n) is 8.48. The first-order valence-corrected chi connectivity index (χ1v) is 9.64. The molecular formula is C25H30N2. The molecule has 0 unspecified atom stereocenters. The summed E-state index contributed by atoms with van der Waals surface area (Å²) in [6, 6.07) is 12.9. The SMILES string of the molecule is Cc1cc(C)c(N/N=C/c2ccccc2C2=C(C(C)(C)C)C=CC2)c(C)c1. The minimum absolute atomic E-state index is 0.140. The summed E-state index contributed by atoms with van der Waals surface area (Å²) in [7, 11) is 0. The van der Waals surface area contributed by atoms with Crippen molar-refractivity contribution in [2.45, 2.75) is 48.0 Å². The molecule has 2 nitrogen and oxygen atoms in total. The summed E-state index contributed by atoms with van der Waals surface area (Å²) in [6.07, 6.45) is 7.47. The van der Waals surface area contributed by atoms with E-state index < -0.39 is 0 Å². The minimum Gasteiger partial charge on any atom is -0.278 e. The zero-order valence-electron chi connectivity index (χ0n) is 17.4. The van der Waals surface area contributed by atoms with Crippen molar-refractivity contribution in [2.24, 2.45) is 10.5 Å². The number of hydrogen-bond donors (Lipinski definition) is 1. The fraction of sp³-hybridized carbons (Fsp3) is 0.320. The lowest BCUT2D eigenvalue weighted by Crippen LogP contribution is -2.09. The Labute approximate surface area is 163 Å². The molecule has 0 saturated heterocycles. The molecule has 2 heteroatoms. The van der Waals surface area contributed by atoms with Gasteiger partial charge < -0.3 is 0 Å². The Morgan fingerprint density at radius 2 is 1.67 bits per heavy atom.